The lowest BCUT2D eigenvalue weighted by Gasteiger charge is -2.34. The molecule has 0 radical (unpaired) electrons. The van der Waals surface area contributed by atoms with Crippen LogP contribution in [0.5, 0.6) is 11.5 Å². The van der Waals surface area contributed by atoms with Crippen LogP contribution >= 0.6 is 0 Å². The van der Waals surface area contributed by atoms with Gasteiger partial charge in [-0.15, -0.1) is 0 Å². The number of rotatable bonds is 4. The van der Waals surface area contributed by atoms with E-state index in [-0.39, 0.29) is 24.0 Å². The lowest BCUT2D eigenvalue weighted by atomic mass is 10.0. The number of ether oxygens (including phenoxy) is 1. The van der Waals surface area contributed by atoms with Crippen molar-refractivity contribution < 1.29 is 19.4 Å². The summed E-state index contributed by atoms with van der Waals surface area (Å²) in [4.78, 5) is 25.7. The minimum absolute atomic E-state index is 0.0238. The number of carbonyl (C=O) groups is 2. The van der Waals surface area contributed by atoms with Crippen molar-refractivity contribution in [2.24, 2.45) is 0 Å². The third-order valence-electron chi connectivity index (χ3n) is 3.97. The minimum atomic E-state index is -0.691. The van der Waals surface area contributed by atoms with Crippen LogP contribution in [0.3, 0.4) is 0 Å². The zero-order chi connectivity index (χ0) is 17.3. The van der Waals surface area contributed by atoms with Crippen molar-refractivity contribution in [1.29, 1.82) is 0 Å². The Kier molecular flexibility index (Phi) is 4.25. The molecule has 0 aliphatic carbocycles. The molecule has 24 heavy (non-hydrogen) atoms. The van der Waals surface area contributed by atoms with Gasteiger partial charge >= 0.3 is 0 Å². The van der Waals surface area contributed by atoms with Gasteiger partial charge in [0, 0.05) is 12.5 Å². The quantitative estimate of drug-likeness (QED) is 0.938. The number of carbonyl (C=O) groups excluding carboxylic acids is 2. The molecule has 0 aromatic heterocycles. The number of benzene rings is 2. The summed E-state index contributed by atoms with van der Waals surface area (Å²) >= 11 is 0. The number of ketones is 1. The summed E-state index contributed by atoms with van der Waals surface area (Å²) < 4.78 is 5.83. The predicted octanol–water partition coefficient (Wildman–Crippen LogP) is 2.63. The molecular formula is C19H19NO4. The number of Topliss-reactive ketones (excluding diaryl/α,β-unsaturated/α-hetero) is 1. The summed E-state index contributed by atoms with van der Waals surface area (Å²) in [6, 6.07) is 12.5. The monoisotopic (exact) mass is 325 g/mol. The van der Waals surface area contributed by atoms with Gasteiger partial charge in [-0.3, -0.25) is 14.5 Å². The van der Waals surface area contributed by atoms with Crippen LogP contribution in [0.1, 0.15) is 18.1 Å². The Balaban J connectivity index is 1.92. The molecule has 5 nitrogen and oxygen atoms in total. The van der Waals surface area contributed by atoms with Gasteiger partial charge < -0.3 is 9.84 Å². The zero-order valence-corrected chi connectivity index (χ0v) is 13.7. The van der Waals surface area contributed by atoms with Crippen LogP contribution in [0.25, 0.3) is 0 Å². The third-order valence-corrected chi connectivity index (χ3v) is 3.97. The topological polar surface area (TPSA) is 66.8 Å². The molecule has 1 atom stereocenters. The minimum Gasteiger partial charge on any atom is -0.508 e. The fraction of sp³-hybridized carbons (Fsp3) is 0.263. The first-order valence-electron chi connectivity index (χ1n) is 7.80. The van der Waals surface area contributed by atoms with Crippen molar-refractivity contribution in [3.05, 3.63) is 53.6 Å². The Morgan fingerprint density at radius 2 is 1.92 bits per heavy atom. The second-order valence-corrected chi connectivity index (χ2v) is 6.07. The Bertz CT molecular complexity index is 782. The standard InChI is InChI=1S/C19H19NO4/c1-12-3-5-14(6-4-12)9-18-19(23)20(11-13(2)21)16-10-15(22)7-8-17(16)24-18/h3-8,10,18,22H,9,11H2,1-2H3. The maximum absolute atomic E-state index is 12.8. The first-order valence-corrected chi connectivity index (χ1v) is 7.80. The Morgan fingerprint density at radius 1 is 1.21 bits per heavy atom. The van der Waals surface area contributed by atoms with Gasteiger partial charge in [-0.25, -0.2) is 0 Å². The molecule has 1 aliphatic heterocycles. The number of aromatic hydroxyl groups is 1. The maximum Gasteiger partial charge on any atom is 0.268 e. The molecule has 124 valence electrons. The molecule has 5 heteroatoms. The summed E-state index contributed by atoms with van der Waals surface area (Å²) in [5.74, 6) is 0.110. The van der Waals surface area contributed by atoms with Crippen molar-refractivity contribution in [3.63, 3.8) is 0 Å². The van der Waals surface area contributed by atoms with Crippen LogP contribution in [0.4, 0.5) is 5.69 Å². The van der Waals surface area contributed by atoms with E-state index < -0.39 is 6.10 Å². The van der Waals surface area contributed by atoms with Gasteiger partial charge in [0.05, 0.1) is 12.2 Å². The van der Waals surface area contributed by atoms with Crippen molar-refractivity contribution in [2.45, 2.75) is 26.4 Å². The number of nitrogens with zero attached hydrogens (tertiary/aromatic N) is 1. The zero-order valence-electron chi connectivity index (χ0n) is 13.7. The SMILES string of the molecule is CC(=O)CN1C(=O)C(Cc2ccc(C)cc2)Oc2ccc(O)cc21. The lowest BCUT2D eigenvalue weighted by molar-refractivity contribution is -0.128. The van der Waals surface area contributed by atoms with Gasteiger partial charge in [0.15, 0.2) is 6.10 Å². The van der Waals surface area contributed by atoms with E-state index >= 15 is 0 Å². The molecule has 2 aromatic carbocycles. The van der Waals surface area contributed by atoms with Crippen LogP contribution in [-0.4, -0.2) is 29.4 Å². The summed E-state index contributed by atoms with van der Waals surface area (Å²) in [7, 11) is 0. The summed E-state index contributed by atoms with van der Waals surface area (Å²) in [5, 5.41) is 9.68. The molecule has 3 rings (SSSR count). The van der Waals surface area contributed by atoms with Crippen molar-refractivity contribution in [1.82, 2.24) is 0 Å². The molecule has 1 N–H and O–H groups in total. The van der Waals surface area contributed by atoms with Gasteiger partial charge in [0.1, 0.15) is 17.3 Å². The van der Waals surface area contributed by atoms with Crippen LogP contribution in [0, 0.1) is 6.92 Å². The first kappa shape index (κ1) is 16.1. The van der Waals surface area contributed by atoms with E-state index in [1.54, 1.807) is 6.07 Å². The average Bonchev–Trinajstić information content (AvgIpc) is 2.54. The van der Waals surface area contributed by atoms with E-state index in [0.29, 0.717) is 17.9 Å². The molecule has 1 unspecified atom stereocenters. The number of anilines is 1. The second-order valence-electron chi connectivity index (χ2n) is 6.07. The highest BCUT2D eigenvalue weighted by Gasteiger charge is 2.35. The summed E-state index contributed by atoms with van der Waals surface area (Å²) in [6.45, 7) is 3.40. The van der Waals surface area contributed by atoms with Crippen molar-refractivity contribution in [2.75, 3.05) is 11.4 Å². The van der Waals surface area contributed by atoms with E-state index in [1.165, 1.54) is 24.0 Å². The molecule has 0 fully saturated rings. The van der Waals surface area contributed by atoms with Gasteiger partial charge in [0.25, 0.3) is 5.91 Å². The molecule has 0 spiro atoms. The second kappa shape index (κ2) is 6.35. The number of phenolic OH excluding ortho intramolecular Hbond substituents is 1. The fourth-order valence-corrected chi connectivity index (χ4v) is 2.77. The molecule has 0 bridgehead atoms. The van der Waals surface area contributed by atoms with Gasteiger partial charge in [-0.1, -0.05) is 29.8 Å². The molecule has 1 aliphatic rings. The number of hydrogen-bond acceptors (Lipinski definition) is 4. The normalized spacial score (nSPS) is 16.5. The van der Waals surface area contributed by atoms with E-state index in [1.807, 2.05) is 31.2 Å². The third kappa shape index (κ3) is 3.25. The van der Waals surface area contributed by atoms with Crippen LogP contribution < -0.4 is 9.64 Å². The smallest absolute Gasteiger partial charge is 0.268 e. The van der Waals surface area contributed by atoms with Crippen molar-refractivity contribution in [3.8, 4) is 11.5 Å². The molecule has 1 amide bonds. The maximum atomic E-state index is 12.8. The molecule has 0 saturated carbocycles. The highest BCUT2D eigenvalue weighted by molar-refractivity contribution is 6.04. The van der Waals surface area contributed by atoms with Crippen LogP contribution in [-0.2, 0) is 16.0 Å². The molecular weight excluding hydrogens is 306 g/mol. The largest absolute Gasteiger partial charge is 0.508 e. The number of fused-ring (bicyclic) bond motifs is 1. The number of phenols is 1. The van der Waals surface area contributed by atoms with E-state index in [0.717, 1.165) is 11.1 Å². The number of aryl methyl sites for hydroxylation is 1. The number of amides is 1. The predicted molar refractivity (Wildman–Crippen MR) is 90.4 cm³/mol. The van der Waals surface area contributed by atoms with Gasteiger partial charge in [0.2, 0.25) is 0 Å². The first-order chi connectivity index (χ1) is 11.4. The Morgan fingerprint density at radius 3 is 2.58 bits per heavy atom. The van der Waals surface area contributed by atoms with Crippen LogP contribution in [0.15, 0.2) is 42.5 Å². The average molecular weight is 325 g/mol. The molecule has 1 heterocycles. The molecule has 2 aromatic rings. The lowest BCUT2D eigenvalue weighted by Crippen LogP contribution is -2.48. The summed E-state index contributed by atoms with van der Waals surface area (Å²) in [6.07, 6.45) is -0.266. The van der Waals surface area contributed by atoms with E-state index in [4.69, 9.17) is 4.74 Å². The summed E-state index contributed by atoms with van der Waals surface area (Å²) in [5.41, 5.74) is 2.56. The Labute approximate surface area is 140 Å². The number of hydrogen-bond donors (Lipinski definition) is 1. The fourth-order valence-electron chi connectivity index (χ4n) is 2.77. The Hall–Kier alpha value is -2.82. The molecule has 0 saturated heterocycles. The van der Waals surface area contributed by atoms with E-state index in [2.05, 4.69) is 0 Å². The highest BCUT2D eigenvalue weighted by Crippen LogP contribution is 2.37. The van der Waals surface area contributed by atoms with E-state index in [9.17, 15) is 14.7 Å². The van der Waals surface area contributed by atoms with Gasteiger partial charge in [-0.2, -0.15) is 0 Å². The van der Waals surface area contributed by atoms with Gasteiger partial charge in [-0.05, 0) is 31.5 Å². The highest BCUT2D eigenvalue weighted by atomic mass is 16.5. The van der Waals surface area contributed by atoms with Crippen molar-refractivity contribution >= 4 is 17.4 Å². The van der Waals surface area contributed by atoms with Crippen LogP contribution in [0.2, 0.25) is 0 Å².